The Bertz CT molecular complexity index is 353. The summed E-state index contributed by atoms with van der Waals surface area (Å²) < 4.78 is 5.35. The van der Waals surface area contributed by atoms with Crippen LogP contribution in [-0.2, 0) is 11.2 Å². The van der Waals surface area contributed by atoms with Crippen molar-refractivity contribution in [1.29, 1.82) is 0 Å². The fourth-order valence-electron chi connectivity index (χ4n) is 3.05. The van der Waals surface area contributed by atoms with Gasteiger partial charge in [0.1, 0.15) is 11.5 Å². The second kappa shape index (κ2) is 8.19. The molecule has 1 atom stereocenters. The van der Waals surface area contributed by atoms with Crippen LogP contribution in [0.4, 0.5) is 0 Å². The quantitative estimate of drug-likeness (QED) is 0.770. The van der Waals surface area contributed by atoms with E-state index < -0.39 is 0 Å². The Labute approximate surface area is 116 Å². The van der Waals surface area contributed by atoms with Crippen LogP contribution in [0.15, 0.2) is 22.8 Å². The summed E-state index contributed by atoms with van der Waals surface area (Å²) in [5.41, 5.74) is 0. The van der Waals surface area contributed by atoms with Gasteiger partial charge in [-0.25, -0.2) is 0 Å². The number of Topliss-reactive ketones (excluding diaryl/α,β-unsaturated/α-hetero) is 1. The van der Waals surface area contributed by atoms with Gasteiger partial charge in [-0.1, -0.05) is 32.1 Å². The topological polar surface area (TPSA) is 30.2 Å². The molecule has 2 heteroatoms. The standard InChI is InChI=1S/C17H26O2/c18-17-13-6-4-2-1-3-5-9-15(17)10-7-11-16-12-8-14-19-16/h8,12,14-15H,1-7,9-11,13H2. The Morgan fingerprint density at radius 2 is 1.89 bits per heavy atom. The Morgan fingerprint density at radius 1 is 1.11 bits per heavy atom. The molecule has 106 valence electrons. The molecule has 1 heterocycles. The summed E-state index contributed by atoms with van der Waals surface area (Å²) >= 11 is 0. The third kappa shape index (κ3) is 5.22. The molecule has 0 saturated heterocycles. The fourth-order valence-corrected chi connectivity index (χ4v) is 3.05. The summed E-state index contributed by atoms with van der Waals surface area (Å²) in [7, 11) is 0. The van der Waals surface area contributed by atoms with Crippen LogP contribution in [0.2, 0.25) is 0 Å². The van der Waals surface area contributed by atoms with Gasteiger partial charge in [-0.3, -0.25) is 4.79 Å². The number of rotatable bonds is 4. The number of hydrogen-bond donors (Lipinski definition) is 0. The molecular formula is C17H26O2. The lowest BCUT2D eigenvalue weighted by Crippen LogP contribution is -2.15. The predicted molar refractivity (Wildman–Crippen MR) is 77.1 cm³/mol. The van der Waals surface area contributed by atoms with Crippen molar-refractivity contribution in [3.05, 3.63) is 24.2 Å². The maximum atomic E-state index is 12.2. The number of hydrogen-bond acceptors (Lipinski definition) is 2. The lowest BCUT2D eigenvalue weighted by atomic mass is 9.87. The molecule has 0 spiro atoms. The zero-order valence-corrected chi connectivity index (χ0v) is 11.9. The number of carbonyl (C=O) groups excluding carboxylic acids is 1. The molecule has 19 heavy (non-hydrogen) atoms. The first-order valence-electron chi connectivity index (χ1n) is 7.91. The summed E-state index contributed by atoms with van der Waals surface area (Å²) in [4.78, 5) is 12.2. The van der Waals surface area contributed by atoms with Crippen molar-refractivity contribution in [1.82, 2.24) is 0 Å². The minimum Gasteiger partial charge on any atom is -0.469 e. The predicted octanol–water partition coefficient (Wildman–Crippen LogP) is 4.92. The summed E-state index contributed by atoms with van der Waals surface area (Å²) in [6.07, 6.45) is 14.3. The van der Waals surface area contributed by atoms with E-state index >= 15 is 0 Å². The van der Waals surface area contributed by atoms with Crippen molar-refractivity contribution >= 4 is 5.78 Å². The van der Waals surface area contributed by atoms with E-state index in [1.807, 2.05) is 12.1 Å². The average Bonchev–Trinajstić information content (AvgIpc) is 2.92. The van der Waals surface area contributed by atoms with Crippen LogP contribution < -0.4 is 0 Å². The number of aryl methyl sites for hydroxylation is 1. The Balaban J connectivity index is 1.75. The molecular weight excluding hydrogens is 236 g/mol. The van der Waals surface area contributed by atoms with Gasteiger partial charge < -0.3 is 4.42 Å². The van der Waals surface area contributed by atoms with Crippen LogP contribution >= 0.6 is 0 Å². The number of furan rings is 1. The van der Waals surface area contributed by atoms with Gasteiger partial charge in [-0.15, -0.1) is 0 Å². The van der Waals surface area contributed by atoms with E-state index in [1.165, 1.54) is 32.1 Å². The molecule has 0 aliphatic heterocycles. The molecule has 2 rings (SSSR count). The fraction of sp³-hybridized carbons (Fsp3) is 0.706. The SMILES string of the molecule is O=C1CCCCCCCCC1CCCc1ccco1. The molecule has 1 saturated carbocycles. The van der Waals surface area contributed by atoms with E-state index in [4.69, 9.17) is 4.42 Å². The Kier molecular flexibility index (Phi) is 6.19. The molecule has 1 fully saturated rings. The first-order chi connectivity index (χ1) is 9.36. The minimum absolute atomic E-state index is 0.313. The highest BCUT2D eigenvalue weighted by atomic mass is 16.3. The lowest BCUT2D eigenvalue weighted by Gasteiger charge is -2.17. The second-order valence-corrected chi connectivity index (χ2v) is 5.79. The smallest absolute Gasteiger partial charge is 0.135 e. The van der Waals surface area contributed by atoms with Gasteiger partial charge in [-0.05, 0) is 37.8 Å². The molecule has 1 aliphatic carbocycles. The lowest BCUT2D eigenvalue weighted by molar-refractivity contribution is -0.123. The highest BCUT2D eigenvalue weighted by Gasteiger charge is 2.18. The summed E-state index contributed by atoms with van der Waals surface area (Å²) in [5, 5.41) is 0. The molecule has 0 amide bonds. The molecule has 1 unspecified atom stereocenters. The van der Waals surface area contributed by atoms with Crippen LogP contribution in [-0.4, -0.2) is 5.78 Å². The van der Waals surface area contributed by atoms with Crippen LogP contribution in [0.25, 0.3) is 0 Å². The van der Waals surface area contributed by atoms with Crippen LogP contribution in [0, 0.1) is 5.92 Å². The van der Waals surface area contributed by atoms with Gasteiger partial charge in [0.2, 0.25) is 0 Å². The summed E-state index contributed by atoms with van der Waals surface area (Å²) in [6, 6.07) is 3.96. The van der Waals surface area contributed by atoms with Crippen molar-refractivity contribution in [2.45, 2.75) is 70.6 Å². The number of ketones is 1. The minimum atomic E-state index is 0.313. The normalized spacial score (nSPS) is 22.3. The highest BCUT2D eigenvalue weighted by Crippen LogP contribution is 2.23. The van der Waals surface area contributed by atoms with Crippen molar-refractivity contribution in [3.63, 3.8) is 0 Å². The van der Waals surface area contributed by atoms with E-state index in [1.54, 1.807) is 6.26 Å². The first-order valence-corrected chi connectivity index (χ1v) is 7.91. The first kappa shape index (κ1) is 14.4. The van der Waals surface area contributed by atoms with E-state index in [0.717, 1.165) is 44.3 Å². The zero-order valence-electron chi connectivity index (χ0n) is 11.9. The van der Waals surface area contributed by atoms with Gasteiger partial charge in [0.05, 0.1) is 6.26 Å². The zero-order chi connectivity index (χ0) is 13.3. The van der Waals surface area contributed by atoms with Gasteiger partial charge in [0.25, 0.3) is 0 Å². The molecule has 1 aromatic heterocycles. The molecule has 0 bridgehead atoms. The van der Waals surface area contributed by atoms with Crippen LogP contribution in [0.3, 0.4) is 0 Å². The molecule has 2 nitrogen and oxygen atoms in total. The van der Waals surface area contributed by atoms with Gasteiger partial charge in [-0.2, -0.15) is 0 Å². The van der Waals surface area contributed by atoms with Crippen LogP contribution in [0.1, 0.15) is 70.0 Å². The van der Waals surface area contributed by atoms with Crippen molar-refractivity contribution in [2.24, 2.45) is 5.92 Å². The second-order valence-electron chi connectivity index (χ2n) is 5.79. The molecule has 0 aromatic carbocycles. The molecule has 1 aliphatic rings. The monoisotopic (exact) mass is 262 g/mol. The number of carbonyl (C=O) groups is 1. The van der Waals surface area contributed by atoms with E-state index in [-0.39, 0.29) is 0 Å². The van der Waals surface area contributed by atoms with Crippen molar-refractivity contribution < 1.29 is 9.21 Å². The summed E-state index contributed by atoms with van der Waals surface area (Å²) in [5.74, 6) is 1.88. The molecule has 0 radical (unpaired) electrons. The average molecular weight is 262 g/mol. The van der Waals surface area contributed by atoms with Gasteiger partial charge in [0, 0.05) is 18.8 Å². The Morgan fingerprint density at radius 3 is 2.68 bits per heavy atom. The van der Waals surface area contributed by atoms with Gasteiger partial charge in [0.15, 0.2) is 0 Å². The Hall–Kier alpha value is -1.05. The summed E-state index contributed by atoms with van der Waals surface area (Å²) in [6.45, 7) is 0. The third-order valence-electron chi connectivity index (χ3n) is 4.24. The molecule has 0 N–H and O–H groups in total. The molecule has 1 aromatic rings. The third-order valence-corrected chi connectivity index (χ3v) is 4.24. The van der Waals surface area contributed by atoms with E-state index in [0.29, 0.717) is 11.7 Å². The van der Waals surface area contributed by atoms with Crippen LogP contribution in [0.5, 0.6) is 0 Å². The largest absolute Gasteiger partial charge is 0.469 e. The maximum absolute atomic E-state index is 12.2. The van der Waals surface area contributed by atoms with E-state index in [9.17, 15) is 4.79 Å². The maximum Gasteiger partial charge on any atom is 0.135 e. The van der Waals surface area contributed by atoms with E-state index in [2.05, 4.69) is 0 Å². The van der Waals surface area contributed by atoms with Gasteiger partial charge >= 0.3 is 0 Å². The van der Waals surface area contributed by atoms with Crippen molar-refractivity contribution in [2.75, 3.05) is 0 Å². The highest BCUT2D eigenvalue weighted by molar-refractivity contribution is 5.80. The van der Waals surface area contributed by atoms with Crippen molar-refractivity contribution in [3.8, 4) is 0 Å².